The van der Waals surface area contributed by atoms with E-state index in [2.05, 4.69) is 25.8 Å². The van der Waals surface area contributed by atoms with E-state index in [1.165, 1.54) is 6.33 Å². The van der Waals surface area contributed by atoms with Gasteiger partial charge in [0.05, 0.1) is 5.69 Å². The van der Waals surface area contributed by atoms with Crippen molar-refractivity contribution in [2.75, 3.05) is 10.6 Å². The molecule has 8 nitrogen and oxygen atoms in total. The summed E-state index contributed by atoms with van der Waals surface area (Å²) in [6.07, 6.45) is 1.52. The highest BCUT2D eigenvalue weighted by Crippen LogP contribution is 2.30. The molecule has 0 saturated carbocycles. The highest BCUT2D eigenvalue weighted by Gasteiger charge is 2.22. The molecule has 4 aromatic rings. The van der Waals surface area contributed by atoms with E-state index in [-0.39, 0.29) is 35.6 Å². The second kappa shape index (κ2) is 10.7. The average molecular weight is 481 g/mol. The Balaban J connectivity index is 0.00000324. The molecule has 2 heterocycles. The molecule has 0 aliphatic carbocycles. The summed E-state index contributed by atoms with van der Waals surface area (Å²) in [5, 5.41) is 13.3. The van der Waals surface area contributed by atoms with Crippen LogP contribution in [0.1, 0.15) is 40.6 Å². The summed E-state index contributed by atoms with van der Waals surface area (Å²) in [4.78, 5) is 29.6. The Morgan fingerprint density at radius 2 is 1.47 bits per heavy atom. The van der Waals surface area contributed by atoms with Crippen molar-refractivity contribution in [3.8, 4) is 11.5 Å². The lowest BCUT2D eigenvalue weighted by atomic mass is 10.2. The molecule has 34 heavy (non-hydrogen) atoms. The highest BCUT2D eigenvalue weighted by atomic mass is 35.5. The van der Waals surface area contributed by atoms with E-state index in [0.717, 1.165) is 6.07 Å². The van der Waals surface area contributed by atoms with Crippen LogP contribution < -0.4 is 10.6 Å². The van der Waals surface area contributed by atoms with Gasteiger partial charge in [-0.05, 0) is 38.1 Å². The van der Waals surface area contributed by atoms with Gasteiger partial charge in [0.2, 0.25) is 0 Å². The average Bonchev–Trinajstić information content (AvgIpc) is 3.32. The molecule has 0 unspecified atom stereocenters. The number of hydrogen-bond donors (Lipinski definition) is 2. The lowest BCUT2D eigenvalue weighted by molar-refractivity contribution is 0.101. The zero-order valence-corrected chi connectivity index (χ0v) is 19.2. The lowest BCUT2D eigenvalue weighted by Crippen LogP contribution is -2.18. The smallest absolute Gasteiger partial charge is 0.256 e. The van der Waals surface area contributed by atoms with Crippen LogP contribution in [0.4, 0.5) is 15.9 Å². The lowest BCUT2D eigenvalue weighted by Gasteiger charge is -2.15. The third kappa shape index (κ3) is 5.26. The summed E-state index contributed by atoms with van der Waals surface area (Å²) >= 11 is 0. The van der Waals surface area contributed by atoms with Gasteiger partial charge in [-0.2, -0.15) is 0 Å². The predicted octanol–water partition coefficient (Wildman–Crippen LogP) is 4.99. The summed E-state index contributed by atoms with van der Waals surface area (Å²) in [6.45, 7) is 3.85. The minimum Gasteiger partial charge on any atom is -0.320 e. The van der Waals surface area contributed by atoms with Gasteiger partial charge in [0, 0.05) is 23.2 Å². The maximum atomic E-state index is 15.0. The van der Waals surface area contributed by atoms with Crippen molar-refractivity contribution in [1.82, 2.24) is 19.7 Å². The molecular formula is C24H22ClFN6O2. The maximum Gasteiger partial charge on any atom is 0.256 e. The van der Waals surface area contributed by atoms with Crippen LogP contribution in [0.25, 0.3) is 11.5 Å². The van der Waals surface area contributed by atoms with Crippen LogP contribution in [0, 0.1) is 5.82 Å². The van der Waals surface area contributed by atoms with Gasteiger partial charge in [0.25, 0.3) is 11.8 Å². The van der Waals surface area contributed by atoms with Crippen molar-refractivity contribution < 1.29 is 14.0 Å². The van der Waals surface area contributed by atoms with Crippen molar-refractivity contribution in [2.24, 2.45) is 0 Å². The number of halogens is 2. The summed E-state index contributed by atoms with van der Waals surface area (Å²) in [6, 6.07) is 18.0. The topological polar surface area (TPSA) is 102 Å². The molecule has 0 aliphatic heterocycles. The molecule has 0 aliphatic rings. The summed E-state index contributed by atoms with van der Waals surface area (Å²) in [7, 11) is 0. The van der Waals surface area contributed by atoms with Gasteiger partial charge in [-0.25, -0.2) is 9.37 Å². The maximum absolute atomic E-state index is 15.0. The van der Waals surface area contributed by atoms with Gasteiger partial charge in [-0.15, -0.1) is 22.6 Å². The molecule has 2 aromatic carbocycles. The van der Waals surface area contributed by atoms with Crippen LogP contribution in [-0.4, -0.2) is 31.6 Å². The fraction of sp³-hybridized carbons (Fsp3) is 0.125. The normalized spacial score (nSPS) is 10.5. The molecule has 4 rings (SSSR count). The first-order chi connectivity index (χ1) is 15.9. The van der Waals surface area contributed by atoms with Gasteiger partial charge >= 0.3 is 0 Å². The predicted molar refractivity (Wildman–Crippen MR) is 130 cm³/mol. The minimum absolute atomic E-state index is 0. The number of amides is 2. The van der Waals surface area contributed by atoms with Crippen molar-refractivity contribution in [2.45, 2.75) is 19.9 Å². The van der Waals surface area contributed by atoms with Crippen LogP contribution >= 0.6 is 12.4 Å². The molecule has 0 fully saturated rings. The molecule has 2 N–H and O–H groups in total. The van der Waals surface area contributed by atoms with Gasteiger partial charge < -0.3 is 15.2 Å². The molecule has 2 aromatic heterocycles. The Labute approximate surface area is 201 Å². The standard InChI is InChI=1S/C24H21FN6O2.ClH/c1-15(2)31-14-26-30-22(31)20-19(27-23(32)16-9-5-3-6-10-16)13-18(25)21(28-20)29-24(33)17-11-7-4-8-12-17;/h3-15H,1-2H3,(H,27,32)(H,28,29,33);1H. The molecule has 10 heteroatoms. The van der Waals surface area contributed by atoms with Crippen LogP contribution in [0.2, 0.25) is 0 Å². The minimum atomic E-state index is -0.804. The fourth-order valence-corrected chi connectivity index (χ4v) is 3.19. The van der Waals surface area contributed by atoms with Crippen LogP contribution in [-0.2, 0) is 0 Å². The molecule has 0 spiro atoms. The first-order valence-electron chi connectivity index (χ1n) is 10.3. The van der Waals surface area contributed by atoms with E-state index in [1.54, 1.807) is 65.2 Å². The van der Waals surface area contributed by atoms with Crippen molar-refractivity contribution in [1.29, 1.82) is 0 Å². The number of anilines is 2. The van der Waals surface area contributed by atoms with E-state index in [0.29, 0.717) is 17.0 Å². The number of nitrogens with zero attached hydrogens (tertiary/aromatic N) is 4. The Morgan fingerprint density at radius 3 is 2.03 bits per heavy atom. The molecule has 0 atom stereocenters. The number of pyridine rings is 1. The van der Waals surface area contributed by atoms with Gasteiger partial charge in [0.1, 0.15) is 12.0 Å². The van der Waals surface area contributed by atoms with E-state index in [4.69, 9.17) is 0 Å². The number of carbonyl (C=O) groups excluding carboxylic acids is 2. The number of benzene rings is 2. The van der Waals surface area contributed by atoms with E-state index < -0.39 is 17.6 Å². The van der Waals surface area contributed by atoms with Crippen LogP contribution in [0.15, 0.2) is 73.1 Å². The van der Waals surface area contributed by atoms with Gasteiger partial charge in [0.15, 0.2) is 17.5 Å². The third-order valence-electron chi connectivity index (χ3n) is 4.87. The number of hydrogen-bond acceptors (Lipinski definition) is 5. The largest absolute Gasteiger partial charge is 0.320 e. The molecular weight excluding hydrogens is 459 g/mol. The second-order valence-corrected chi connectivity index (χ2v) is 7.51. The van der Waals surface area contributed by atoms with Crippen molar-refractivity contribution in [3.63, 3.8) is 0 Å². The van der Waals surface area contributed by atoms with Crippen molar-refractivity contribution >= 4 is 35.7 Å². The molecule has 174 valence electrons. The molecule has 0 saturated heterocycles. The number of aromatic nitrogens is 4. The monoisotopic (exact) mass is 480 g/mol. The van der Waals surface area contributed by atoms with Crippen molar-refractivity contribution in [3.05, 3.63) is 90.0 Å². The van der Waals surface area contributed by atoms with E-state index in [9.17, 15) is 14.0 Å². The zero-order chi connectivity index (χ0) is 23.4. The molecule has 0 radical (unpaired) electrons. The quantitative estimate of drug-likeness (QED) is 0.405. The van der Waals surface area contributed by atoms with Gasteiger partial charge in [-0.3, -0.25) is 9.59 Å². The SMILES string of the molecule is CC(C)n1cnnc1-c1nc(NC(=O)c2ccccc2)c(F)cc1NC(=O)c1ccccc1.Cl. The fourth-order valence-electron chi connectivity index (χ4n) is 3.19. The number of nitrogens with one attached hydrogen (secondary N) is 2. The number of rotatable bonds is 6. The highest BCUT2D eigenvalue weighted by molar-refractivity contribution is 6.06. The molecule has 0 bridgehead atoms. The summed E-state index contributed by atoms with van der Waals surface area (Å²) in [5.74, 6) is -1.71. The first kappa shape index (κ1) is 24.5. The van der Waals surface area contributed by atoms with Crippen LogP contribution in [0.3, 0.4) is 0 Å². The zero-order valence-electron chi connectivity index (χ0n) is 18.4. The Hall–Kier alpha value is -4.11. The number of carbonyl (C=O) groups is 2. The second-order valence-electron chi connectivity index (χ2n) is 7.51. The third-order valence-corrected chi connectivity index (χ3v) is 4.87. The van der Waals surface area contributed by atoms with E-state index >= 15 is 0 Å². The van der Waals surface area contributed by atoms with Gasteiger partial charge in [-0.1, -0.05) is 36.4 Å². The Morgan fingerprint density at radius 1 is 0.912 bits per heavy atom. The Kier molecular flexibility index (Phi) is 7.70. The van der Waals surface area contributed by atoms with E-state index in [1.807, 2.05) is 13.8 Å². The summed E-state index contributed by atoms with van der Waals surface area (Å²) in [5.41, 5.74) is 1.03. The van der Waals surface area contributed by atoms with Crippen LogP contribution in [0.5, 0.6) is 0 Å². The first-order valence-corrected chi connectivity index (χ1v) is 10.3. The Bertz CT molecular complexity index is 1300. The summed E-state index contributed by atoms with van der Waals surface area (Å²) < 4.78 is 16.7. The molecule has 2 amide bonds.